The van der Waals surface area contributed by atoms with Crippen LogP contribution in [0.25, 0.3) is 0 Å². The Hall–Kier alpha value is -1.05. The molecule has 1 saturated heterocycles. The molecule has 5 nitrogen and oxygen atoms in total. The molecule has 0 aliphatic carbocycles. The maximum atomic E-state index is 9.28. The molecule has 0 radical (unpaired) electrons. The van der Waals surface area contributed by atoms with Crippen molar-refractivity contribution in [2.75, 3.05) is 32.1 Å². The second-order valence-electron chi connectivity index (χ2n) is 4.36. The van der Waals surface area contributed by atoms with Crippen molar-refractivity contribution < 1.29 is 9.84 Å². The Morgan fingerprint density at radius 1 is 1.10 bits per heavy atom. The summed E-state index contributed by atoms with van der Waals surface area (Å²) in [5.74, 6) is 1.08. The van der Waals surface area contributed by atoms with Gasteiger partial charge in [-0.2, -0.15) is 5.10 Å². The van der Waals surface area contributed by atoms with Crippen LogP contribution in [0.5, 0.6) is 5.75 Å². The molecular formula is C13H16BrN3O2S. The van der Waals surface area contributed by atoms with Gasteiger partial charge in [-0.05, 0) is 29.8 Å². The minimum absolute atomic E-state index is 0. The van der Waals surface area contributed by atoms with Crippen molar-refractivity contribution in [3.8, 4) is 5.75 Å². The first kappa shape index (κ1) is 15.3. The van der Waals surface area contributed by atoms with Crippen LogP contribution in [0.15, 0.2) is 34.5 Å². The van der Waals surface area contributed by atoms with Gasteiger partial charge in [0.15, 0.2) is 5.17 Å². The number of hydrogen-bond donors (Lipinski definition) is 1. The summed E-state index contributed by atoms with van der Waals surface area (Å²) < 4.78 is 5.33. The van der Waals surface area contributed by atoms with Crippen molar-refractivity contribution in [2.45, 2.75) is 0 Å². The maximum Gasteiger partial charge on any atom is 0.186 e. The first-order chi connectivity index (χ1) is 9.33. The average Bonchev–Trinajstić information content (AvgIpc) is 2.49. The highest BCUT2D eigenvalue weighted by Crippen LogP contribution is 2.20. The first-order valence-electron chi connectivity index (χ1n) is 6.22. The van der Waals surface area contributed by atoms with E-state index in [-0.39, 0.29) is 22.7 Å². The van der Waals surface area contributed by atoms with Crippen LogP contribution >= 0.6 is 28.7 Å². The molecular weight excluding hydrogens is 342 g/mol. The van der Waals surface area contributed by atoms with E-state index in [4.69, 9.17) is 4.74 Å². The third-order valence-electron chi connectivity index (χ3n) is 3.08. The summed E-state index contributed by atoms with van der Waals surface area (Å²) in [4.78, 5) is 2.21. The van der Waals surface area contributed by atoms with Crippen molar-refractivity contribution in [3.05, 3.63) is 29.8 Å². The fourth-order valence-electron chi connectivity index (χ4n) is 2.00. The molecule has 0 saturated carbocycles. The number of rotatable bonds is 1. The number of benzene rings is 1. The number of morpholine rings is 1. The van der Waals surface area contributed by atoms with Gasteiger partial charge in [0, 0.05) is 18.8 Å². The number of nitrogens with zero attached hydrogens (tertiary/aromatic N) is 3. The fourth-order valence-corrected chi connectivity index (χ4v) is 2.95. The lowest BCUT2D eigenvalue weighted by atomic mass is 10.1. The van der Waals surface area contributed by atoms with Crippen LogP contribution in [0.3, 0.4) is 0 Å². The minimum Gasteiger partial charge on any atom is -0.508 e. The van der Waals surface area contributed by atoms with Gasteiger partial charge >= 0.3 is 0 Å². The maximum absolute atomic E-state index is 9.28. The van der Waals surface area contributed by atoms with Gasteiger partial charge in [0.05, 0.1) is 18.9 Å². The lowest BCUT2D eigenvalue weighted by Gasteiger charge is -2.29. The second kappa shape index (κ2) is 7.10. The molecule has 20 heavy (non-hydrogen) atoms. The van der Waals surface area contributed by atoms with Crippen LogP contribution in [-0.2, 0) is 4.74 Å². The molecule has 0 atom stereocenters. The van der Waals surface area contributed by atoms with E-state index < -0.39 is 0 Å². The van der Waals surface area contributed by atoms with Crippen molar-refractivity contribution in [2.24, 2.45) is 10.2 Å². The Kier molecular flexibility index (Phi) is 5.45. The number of halogens is 1. The Morgan fingerprint density at radius 2 is 1.80 bits per heavy atom. The largest absolute Gasteiger partial charge is 0.508 e. The number of aromatic hydroxyl groups is 1. The van der Waals surface area contributed by atoms with E-state index in [2.05, 4.69) is 15.1 Å². The van der Waals surface area contributed by atoms with Gasteiger partial charge < -0.3 is 14.7 Å². The quantitative estimate of drug-likeness (QED) is 0.836. The Labute approximate surface area is 132 Å². The van der Waals surface area contributed by atoms with Gasteiger partial charge in [-0.3, -0.25) is 0 Å². The summed E-state index contributed by atoms with van der Waals surface area (Å²) in [6.45, 7) is 3.29. The number of ether oxygens (including phenoxy) is 1. The molecule has 0 unspecified atom stereocenters. The van der Waals surface area contributed by atoms with Crippen molar-refractivity contribution >= 4 is 39.6 Å². The highest BCUT2D eigenvalue weighted by atomic mass is 79.9. The number of phenolic OH excluding ortho intramolecular Hbond substituents is 1. The van der Waals surface area contributed by atoms with E-state index in [1.165, 1.54) is 0 Å². The van der Waals surface area contributed by atoms with E-state index in [9.17, 15) is 5.11 Å². The van der Waals surface area contributed by atoms with Crippen molar-refractivity contribution in [3.63, 3.8) is 0 Å². The van der Waals surface area contributed by atoms with Gasteiger partial charge in [-0.25, -0.2) is 0 Å². The van der Waals surface area contributed by atoms with E-state index in [1.807, 2.05) is 12.1 Å². The van der Waals surface area contributed by atoms with Gasteiger partial charge in [-0.1, -0.05) is 11.8 Å². The van der Waals surface area contributed by atoms with E-state index >= 15 is 0 Å². The zero-order valence-electron chi connectivity index (χ0n) is 10.9. The third-order valence-corrected chi connectivity index (χ3v) is 4.09. The van der Waals surface area contributed by atoms with Crippen LogP contribution in [0, 0.1) is 0 Å². The SMILES string of the molecule is Br.Oc1ccc(C2=NN=C(N3CCOCC3)SC2)cc1. The van der Waals surface area contributed by atoms with Crippen LogP contribution < -0.4 is 0 Å². The van der Waals surface area contributed by atoms with Crippen LogP contribution in [0.4, 0.5) is 0 Å². The Bertz CT molecular complexity index is 513. The van der Waals surface area contributed by atoms with E-state index in [0.717, 1.165) is 48.5 Å². The monoisotopic (exact) mass is 357 g/mol. The zero-order chi connectivity index (χ0) is 13.1. The van der Waals surface area contributed by atoms with Crippen LogP contribution in [0.2, 0.25) is 0 Å². The van der Waals surface area contributed by atoms with Crippen molar-refractivity contribution in [1.29, 1.82) is 0 Å². The predicted molar refractivity (Wildman–Crippen MR) is 87.3 cm³/mol. The van der Waals surface area contributed by atoms with Gasteiger partial charge in [-0.15, -0.1) is 22.1 Å². The summed E-state index contributed by atoms with van der Waals surface area (Å²) in [6, 6.07) is 7.07. The number of thioether (sulfide) groups is 1. The smallest absolute Gasteiger partial charge is 0.186 e. The highest BCUT2D eigenvalue weighted by Gasteiger charge is 2.19. The standard InChI is InChI=1S/C13H15N3O2S.BrH/c17-11-3-1-10(2-4-11)12-9-19-13(15-14-12)16-5-7-18-8-6-16;/h1-4,17H,5-9H2;1H. The summed E-state index contributed by atoms with van der Waals surface area (Å²) in [5, 5.41) is 18.9. The highest BCUT2D eigenvalue weighted by molar-refractivity contribution is 8.93. The number of phenols is 1. The molecule has 1 aromatic rings. The number of hydrogen-bond acceptors (Lipinski definition) is 6. The lowest BCUT2D eigenvalue weighted by Crippen LogP contribution is -2.40. The Morgan fingerprint density at radius 3 is 2.40 bits per heavy atom. The zero-order valence-corrected chi connectivity index (χ0v) is 13.4. The molecule has 2 aliphatic rings. The van der Waals surface area contributed by atoms with Gasteiger partial charge in [0.2, 0.25) is 0 Å². The van der Waals surface area contributed by atoms with Gasteiger partial charge in [0.1, 0.15) is 5.75 Å². The predicted octanol–water partition coefficient (Wildman–Crippen LogP) is 2.11. The fraction of sp³-hybridized carbons (Fsp3) is 0.385. The number of amidine groups is 1. The van der Waals surface area contributed by atoms with Crippen LogP contribution in [0.1, 0.15) is 5.56 Å². The van der Waals surface area contributed by atoms with E-state index in [0.29, 0.717) is 0 Å². The minimum atomic E-state index is 0. The normalized spacial score (nSPS) is 18.9. The molecule has 2 aliphatic heterocycles. The van der Waals surface area contributed by atoms with Gasteiger partial charge in [0.25, 0.3) is 0 Å². The molecule has 2 heterocycles. The molecule has 0 spiro atoms. The molecule has 7 heteroatoms. The molecule has 1 aromatic carbocycles. The molecule has 0 amide bonds. The molecule has 0 bridgehead atoms. The Balaban J connectivity index is 0.00000147. The molecule has 3 rings (SSSR count). The first-order valence-corrected chi connectivity index (χ1v) is 7.21. The second-order valence-corrected chi connectivity index (χ2v) is 5.31. The van der Waals surface area contributed by atoms with Crippen LogP contribution in [-0.4, -0.2) is 52.9 Å². The van der Waals surface area contributed by atoms with Crippen molar-refractivity contribution in [1.82, 2.24) is 4.90 Å². The molecule has 0 aromatic heterocycles. The summed E-state index contributed by atoms with van der Waals surface area (Å²) in [6.07, 6.45) is 0. The lowest BCUT2D eigenvalue weighted by molar-refractivity contribution is 0.0692. The summed E-state index contributed by atoms with van der Waals surface area (Å²) in [7, 11) is 0. The topological polar surface area (TPSA) is 57.4 Å². The molecule has 1 fully saturated rings. The summed E-state index contributed by atoms with van der Waals surface area (Å²) >= 11 is 1.70. The third kappa shape index (κ3) is 3.53. The van der Waals surface area contributed by atoms with E-state index in [1.54, 1.807) is 23.9 Å². The molecule has 108 valence electrons. The molecule has 1 N–H and O–H groups in total. The summed E-state index contributed by atoms with van der Waals surface area (Å²) in [5.41, 5.74) is 1.96. The average molecular weight is 358 g/mol.